The second-order valence-electron chi connectivity index (χ2n) is 3.08. The summed E-state index contributed by atoms with van der Waals surface area (Å²) in [5.74, 6) is 0. The molecule has 1 aromatic rings. The van der Waals surface area contributed by atoms with E-state index in [1.54, 1.807) is 18.2 Å². The van der Waals surface area contributed by atoms with Gasteiger partial charge < -0.3 is 14.6 Å². The lowest BCUT2D eigenvalue weighted by Gasteiger charge is -2.16. The molecule has 2 N–H and O–H groups in total. The first kappa shape index (κ1) is 13.0. The maximum absolute atomic E-state index is 10.7. The molecule has 1 rings (SSSR count). The summed E-state index contributed by atoms with van der Waals surface area (Å²) in [5.41, 5.74) is 0.396. The molecule has 0 radical (unpaired) electrons. The van der Waals surface area contributed by atoms with Crippen LogP contribution in [0, 0.1) is 0 Å². The number of aromatic nitrogens is 1. The predicted octanol–water partition coefficient (Wildman–Crippen LogP) is 1.21. The number of rotatable bonds is 6. The topological polar surface area (TPSA) is 96.7 Å². The van der Waals surface area contributed by atoms with Gasteiger partial charge >= 0.3 is 7.82 Å². The van der Waals surface area contributed by atoms with Crippen molar-refractivity contribution in [3.63, 3.8) is 0 Å². The van der Waals surface area contributed by atoms with E-state index in [1.165, 1.54) is 6.20 Å². The molecule has 88 valence electrons. The van der Waals surface area contributed by atoms with Gasteiger partial charge in [0.2, 0.25) is 0 Å². The average molecular weight is 245 g/mol. The molecule has 1 aromatic heterocycles. The van der Waals surface area contributed by atoms with Crippen molar-refractivity contribution in [2.24, 2.45) is 0 Å². The van der Waals surface area contributed by atoms with Crippen LogP contribution in [0.4, 0.5) is 0 Å². The molecule has 0 fully saturated rings. The highest BCUT2D eigenvalue weighted by atomic mass is 31.2. The van der Waals surface area contributed by atoms with Crippen molar-refractivity contribution in [3.8, 4) is 0 Å². The highest BCUT2D eigenvalue weighted by Gasteiger charge is 2.24. The molecule has 1 heterocycles. The zero-order valence-electron chi connectivity index (χ0n) is 8.39. The summed E-state index contributed by atoms with van der Waals surface area (Å²) in [5, 5.41) is 0. The largest absolute Gasteiger partial charge is 0.470 e. The Morgan fingerprint density at radius 2 is 2.25 bits per heavy atom. The third-order valence-electron chi connectivity index (χ3n) is 1.83. The summed E-state index contributed by atoms with van der Waals surface area (Å²) in [6, 6.07) is 4.95. The molecule has 16 heavy (non-hydrogen) atoms. The van der Waals surface area contributed by atoms with Gasteiger partial charge in [-0.15, -0.1) is 0 Å². The third-order valence-corrected chi connectivity index (χ3v) is 2.36. The van der Waals surface area contributed by atoms with Gasteiger partial charge in [-0.25, -0.2) is 4.57 Å². The average Bonchev–Trinajstić information content (AvgIpc) is 2.24. The van der Waals surface area contributed by atoms with Crippen molar-refractivity contribution >= 4 is 14.1 Å². The van der Waals surface area contributed by atoms with E-state index in [9.17, 15) is 9.36 Å². The van der Waals surface area contributed by atoms with Gasteiger partial charge in [-0.1, -0.05) is 6.07 Å². The van der Waals surface area contributed by atoms with Crippen molar-refractivity contribution in [1.82, 2.24) is 4.98 Å². The predicted molar refractivity (Wildman–Crippen MR) is 55.4 cm³/mol. The molecule has 7 heteroatoms. The van der Waals surface area contributed by atoms with Crippen molar-refractivity contribution in [2.45, 2.75) is 18.9 Å². The van der Waals surface area contributed by atoms with Gasteiger partial charge in [0.15, 0.2) is 0 Å². The molecular weight excluding hydrogens is 233 g/mol. The smallest absolute Gasteiger partial charge is 0.303 e. The SMILES string of the molecule is O=CCCC(OP(=O)(O)O)c1ccccn1. The van der Waals surface area contributed by atoms with Gasteiger partial charge in [0.1, 0.15) is 12.4 Å². The lowest BCUT2D eigenvalue weighted by Crippen LogP contribution is -2.05. The Morgan fingerprint density at radius 1 is 1.50 bits per heavy atom. The van der Waals surface area contributed by atoms with E-state index in [0.717, 1.165) is 0 Å². The molecule has 0 bridgehead atoms. The summed E-state index contributed by atoms with van der Waals surface area (Å²) in [7, 11) is -4.58. The minimum Gasteiger partial charge on any atom is -0.303 e. The molecule has 6 nitrogen and oxygen atoms in total. The van der Waals surface area contributed by atoms with E-state index in [4.69, 9.17) is 9.79 Å². The third kappa shape index (κ3) is 4.63. The standard InChI is InChI=1S/C9H12NO5P/c11-7-3-5-9(15-16(12,13)14)8-4-1-2-6-10-8/h1-2,4,6-7,9H,3,5H2,(H2,12,13,14). The Hall–Kier alpha value is -1.07. The quantitative estimate of drug-likeness (QED) is 0.577. The first-order valence-corrected chi connectivity index (χ1v) is 6.14. The molecule has 0 aliphatic rings. The summed E-state index contributed by atoms with van der Waals surface area (Å²) in [6.07, 6.45) is 1.63. The maximum Gasteiger partial charge on any atom is 0.470 e. The summed E-state index contributed by atoms with van der Waals surface area (Å²) >= 11 is 0. The van der Waals surface area contributed by atoms with Gasteiger partial charge in [0, 0.05) is 12.6 Å². The highest BCUT2D eigenvalue weighted by Crippen LogP contribution is 2.43. The first-order chi connectivity index (χ1) is 7.53. The molecule has 0 saturated heterocycles. The van der Waals surface area contributed by atoms with Crippen LogP contribution in [0.5, 0.6) is 0 Å². The number of hydrogen-bond donors (Lipinski definition) is 2. The lowest BCUT2D eigenvalue weighted by atomic mass is 10.1. The fourth-order valence-corrected chi connectivity index (χ4v) is 1.75. The summed E-state index contributed by atoms with van der Waals surface area (Å²) < 4.78 is 15.3. The van der Waals surface area contributed by atoms with E-state index in [2.05, 4.69) is 9.51 Å². The number of nitrogens with zero attached hydrogens (tertiary/aromatic N) is 1. The number of phosphoric acid groups is 1. The summed E-state index contributed by atoms with van der Waals surface area (Å²) in [6.45, 7) is 0. The van der Waals surface area contributed by atoms with E-state index in [0.29, 0.717) is 12.0 Å². The monoisotopic (exact) mass is 245 g/mol. The lowest BCUT2D eigenvalue weighted by molar-refractivity contribution is -0.108. The molecular formula is C9H12NO5P. The van der Waals surface area contributed by atoms with Crippen molar-refractivity contribution in [1.29, 1.82) is 0 Å². The second-order valence-corrected chi connectivity index (χ2v) is 4.28. The van der Waals surface area contributed by atoms with Crippen LogP contribution in [-0.2, 0) is 13.9 Å². The minimum absolute atomic E-state index is 0.154. The highest BCUT2D eigenvalue weighted by molar-refractivity contribution is 7.46. The first-order valence-electron chi connectivity index (χ1n) is 4.61. The zero-order valence-corrected chi connectivity index (χ0v) is 9.29. The van der Waals surface area contributed by atoms with Gasteiger partial charge in [-0.05, 0) is 18.6 Å². The van der Waals surface area contributed by atoms with Gasteiger partial charge in [-0.2, -0.15) is 0 Å². The van der Waals surface area contributed by atoms with Crippen LogP contribution in [-0.4, -0.2) is 21.1 Å². The van der Waals surface area contributed by atoms with Gasteiger partial charge in [0.25, 0.3) is 0 Å². The molecule has 1 unspecified atom stereocenters. The molecule has 0 aliphatic carbocycles. The summed E-state index contributed by atoms with van der Waals surface area (Å²) in [4.78, 5) is 31.6. The fraction of sp³-hybridized carbons (Fsp3) is 0.333. The number of aldehydes is 1. The number of phosphoric ester groups is 1. The zero-order chi connectivity index (χ0) is 12.0. The van der Waals surface area contributed by atoms with Crippen LogP contribution in [0.1, 0.15) is 24.6 Å². The van der Waals surface area contributed by atoms with Crippen LogP contribution < -0.4 is 0 Å². The fourth-order valence-electron chi connectivity index (χ4n) is 1.21. The van der Waals surface area contributed by atoms with E-state index >= 15 is 0 Å². The van der Waals surface area contributed by atoms with Gasteiger partial charge in [-0.3, -0.25) is 9.51 Å². The second kappa shape index (κ2) is 5.86. The van der Waals surface area contributed by atoms with E-state index < -0.39 is 13.9 Å². The Bertz CT molecular complexity index is 377. The molecule has 0 spiro atoms. The van der Waals surface area contributed by atoms with Crippen molar-refractivity contribution in [3.05, 3.63) is 30.1 Å². The normalized spacial score (nSPS) is 13.4. The Labute approximate surface area is 92.5 Å². The number of pyridine rings is 1. The Balaban J connectivity index is 2.79. The molecule has 0 amide bonds. The molecule has 0 aliphatic heterocycles. The number of hydrogen-bond acceptors (Lipinski definition) is 4. The van der Waals surface area contributed by atoms with Crippen LogP contribution in [0.2, 0.25) is 0 Å². The Morgan fingerprint density at radius 3 is 2.75 bits per heavy atom. The minimum atomic E-state index is -4.58. The van der Waals surface area contributed by atoms with Crippen LogP contribution in [0.3, 0.4) is 0 Å². The van der Waals surface area contributed by atoms with E-state index in [-0.39, 0.29) is 12.8 Å². The van der Waals surface area contributed by atoms with Crippen LogP contribution in [0.25, 0.3) is 0 Å². The van der Waals surface area contributed by atoms with E-state index in [1.807, 2.05) is 0 Å². The molecule has 1 atom stereocenters. The Kier molecular flexibility index (Phi) is 4.76. The van der Waals surface area contributed by atoms with Crippen molar-refractivity contribution in [2.75, 3.05) is 0 Å². The number of carbonyl (C=O) groups is 1. The maximum atomic E-state index is 10.7. The van der Waals surface area contributed by atoms with Crippen molar-refractivity contribution < 1.29 is 23.7 Å². The number of carbonyl (C=O) groups excluding carboxylic acids is 1. The molecule has 0 aromatic carbocycles. The van der Waals surface area contributed by atoms with Crippen LogP contribution in [0.15, 0.2) is 24.4 Å². The molecule has 0 saturated carbocycles. The van der Waals surface area contributed by atoms with Gasteiger partial charge in [0.05, 0.1) is 5.69 Å². The van der Waals surface area contributed by atoms with Crippen LogP contribution >= 0.6 is 7.82 Å².